The first-order valence-corrected chi connectivity index (χ1v) is 7.06. The molecule has 100 valence electrons. The van der Waals surface area contributed by atoms with Gasteiger partial charge in [0, 0.05) is 36.2 Å². The molecule has 0 spiro atoms. The van der Waals surface area contributed by atoms with Crippen LogP contribution in [0.2, 0.25) is 0 Å². The third-order valence-corrected chi connectivity index (χ3v) is 4.36. The Morgan fingerprint density at radius 1 is 1.11 bits per heavy atom. The van der Waals surface area contributed by atoms with Gasteiger partial charge in [-0.2, -0.15) is 0 Å². The molecule has 19 heavy (non-hydrogen) atoms. The Morgan fingerprint density at radius 3 is 2.21 bits per heavy atom. The molecule has 0 amide bonds. The van der Waals surface area contributed by atoms with Gasteiger partial charge in [0.05, 0.1) is 0 Å². The largest absolute Gasteiger partial charge is 0.365 e. The summed E-state index contributed by atoms with van der Waals surface area (Å²) < 4.78 is 0. The van der Waals surface area contributed by atoms with Crippen molar-refractivity contribution in [3.63, 3.8) is 0 Å². The van der Waals surface area contributed by atoms with Gasteiger partial charge >= 0.3 is 0 Å². The maximum atomic E-state index is 11.7. The topological polar surface area (TPSA) is 37.4 Å². The standard InChI is InChI=1S/C16H19NO2/c1-11(18)12-5-7-13(8-6-12)17-14-3-2-4-15(17)10-16(19)9-14/h5-8,14-15H,2-4,9-10H2,1H3. The minimum atomic E-state index is 0.0977. The van der Waals surface area contributed by atoms with Crippen molar-refractivity contribution in [2.24, 2.45) is 0 Å². The second kappa shape index (κ2) is 4.80. The summed E-state index contributed by atoms with van der Waals surface area (Å²) in [5.74, 6) is 0.506. The van der Waals surface area contributed by atoms with Crippen molar-refractivity contribution in [3.05, 3.63) is 29.8 Å². The fourth-order valence-corrected chi connectivity index (χ4v) is 3.47. The van der Waals surface area contributed by atoms with E-state index < -0.39 is 0 Å². The van der Waals surface area contributed by atoms with Crippen molar-refractivity contribution < 1.29 is 9.59 Å². The van der Waals surface area contributed by atoms with Gasteiger partial charge in [-0.1, -0.05) is 0 Å². The molecule has 0 aliphatic carbocycles. The molecule has 2 saturated heterocycles. The summed E-state index contributed by atoms with van der Waals surface area (Å²) in [4.78, 5) is 25.5. The quantitative estimate of drug-likeness (QED) is 0.764. The Kier molecular flexibility index (Phi) is 3.13. The number of rotatable bonds is 2. The van der Waals surface area contributed by atoms with E-state index in [2.05, 4.69) is 4.90 Å². The summed E-state index contributed by atoms with van der Waals surface area (Å²) in [6, 6.07) is 8.56. The van der Waals surface area contributed by atoms with Gasteiger partial charge in [-0.3, -0.25) is 9.59 Å². The SMILES string of the molecule is CC(=O)c1ccc(N2C3CCCC2CC(=O)C3)cc1. The van der Waals surface area contributed by atoms with Crippen LogP contribution in [-0.4, -0.2) is 23.7 Å². The molecular weight excluding hydrogens is 238 g/mol. The number of Topliss-reactive ketones (excluding diaryl/α,β-unsaturated/α-hetero) is 2. The predicted molar refractivity (Wildman–Crippen MR) is 74.6 cm³/mol. The molecule has 3 rings (SSSR count). The van der Waals surface area contributed by atoms with E-state index in [-0.39, 0.29) is 5.78 Å². The van der Waals surface area contributed by atoms with Gasteiger partial charge in [0.1, 0.15) is 5.78 Å². The molecular formula is C16H19NO2. The van der Waals surface area contributed by atoms with Gasteiger partial charge in [0.25, 0.3) is 0 Å². The minimum Gasteiger partial charge on any atom is -0.365 e. The summed E-state index contributed by atoms with van der Waals surface area (Å²) in [5, 5.41) is 0. The molecule has 0 radical (unpaired) electrons. The third kappa shape index (κ3) is 2.29. The zero-order valence-electron chi connectivity index (χ0n) is 11.3. The van der Waals surface area contributed by atoms with Crippen LogP contribution < -0.4 is 4.90 Å². The number of piperidine rings is 2. The lowest BCUT2D eigenvalue weighted by Crippen LogP contribution is -2.52. The average Bonchev–Trinajstić information content (AvgIpc) is 2.37. The van der Waals surface area contributed by atoms with E-state index in [1.54, 1.807) is 6.92 Å². The summed E-state index contributed by atoms with van der Waals surface area (Å²) >= 11 is 0. The molecule has 2 unspecified atom stereocenters. The molecule has 3 heteroatoms. The fourth-order valence-electron chi connectivity index (χ4n) is 3.47. The Bertz CT molecular complexity index is 490. The highest BCUT2D eigenvalue weighted by Crippen LogP contribution is 2.36. The molecule has 2 fully saturated rings. The minimum absolute atomic E-state index is 0.0977. The van der Waals surface area contributed by atoms with E-state index in [1.165, 1.54) is 6.42 Å². The Labute approximate surface area is 113 Å². The van der Waals surface area contributed by atoms with Gasteiger partial charge < -0.3 is 4.90 Å². The summed E-state index contributed by atoms with van der Waals surface area (Å²) in [6.07, 6.45) is 4.81. The first kappa shape index (κ1) is 12.4. The number of carbonyl (C=O) groups excluding carboxylic acids is 2. The van der Waals surface area contributed by atoms with Crippen LogP contribution >= 0.6 is 0 Å². The van der Waals surface area contributed by atoms with Crippen LogP contribution in [0.5, 0.6) is 0 Å². The van der Waals surface area contributed by atoms with Crippen LogP contribution in [0.4, 0.5) is 5.69 Å². The summed E-state index contributed by atoms with van der Waals surface area (Å²) in [7, 11) is 0. The van der Waals surface area contributed by atoms with Crippen molar-refractivity contribution in [1.29, 1.82) is 0 Å². The summed E-state index contributed by atoms with van der Waals surface area (Å²) in [5.41, 5.74) is 1.91. The number of anilines is 1. The molecule has 0 N–H and O–H groups in total. The van der Waals surface area contributed by atoms with Gasteiger partial charge in [0.15, 0.2) is 5.78 Å². The van der Waals surface area contributed by atoms with E-state index in [9.17, 15) is 9.59 Å². The number of hydrogen-bond acceptors (Lipinski definition) is 3. The Balaban J connectivity index is 1.88. The molecule has 2 bridgehead atoms. The number of carbonyl (C=O) groups is 2. The summed E-state index contributed by atoms with van der Waals surface area (Å²) in [6.45, 7) is 1.59. The second-order valence-electron chi connectivity index (χ2n) is 5.70. The molecule has 2 atom stereocenters. The van der Waals surface area contributed by atoms with Gasteiger partial charge in [-0.05, 0) is 50.5 Å². The van der Waals surface area contributed by atoms with Crippen LogP contribution in [-0.2, 0) is 4.79 Å². The number of benzene rings is 1. The molecule has 2 aliphatic heterocycles. The molecule has 0 saturated carbocycles. The van der Waals surface area contributed by atoms with Crippen molar-refractivity contribution >= 4 is 17.3 Å². The van der Waals surface area contributed by atoms with E-state index in [0.29, 0.717) is 30.7 Å². The van der Waals surface area contributed by atoms with Gasteiger partial charge in [0.2, 0.25) is 0 Å². The normalized spacial score (nSPS) is 26.4. The number of hydrogen-bond donors (Lipinski definition) is 0. The highest BCUT2D eigenvalue weighted by Gasteiger charge is 2.37. The number of nitrogens with zero attached hydrogens (tertiary/aromatic N) is 1. The highest BCUT2D eigenvalue weighted by molar-refractivity contribution is 5.94. The highest BCUT2D eigenvalue weighted by atomic mass is 16.1. The molecule has 1 aromatic carbocycles. The van der Waals surface area contributed by atoms with E-state index in [4.69, 9.17) is 0 Å². The van der Waals surface area contributed by atoms with Crippen molar-refractivity contribution in [2.75, 3.05) is 4.90 Å². The number of fused-ring (bicyclic) bond motifs is 2. The van der Waals surface area contributed by atoms with Crippen LogP contribution in [0, 0.1) is 0 Å². The zero-order chi connectivity index (χ0) is 13.4. The zero-order valence-corrected chi connectivity index (χ0v) is 11.3. The molecule has 2 aliphatic rings. The van der Waals surface area contributed by atoms with Gasteiger partial charge in [-0.25, -0.2) is 0 Å². The van der Waals surface area contributed by atoms with Crippen molar-refractivity contribution in [3.8, 4) is 0 Å². The predicted octanol–water partition coefficient (Wildman–Crippen LogP) is 2.98. The first-order valence-electron chi connectivity index (χ1n) is 7.06. The van der Waals surface area contributed by atoms with Crippen LogP contribution in [0.15, 0.2) is 24.3 Å². The number of ketones is 2. The fraction of sp³-hybridized carbons (Fsp3) is 0.500. The molecule has 0 aromatic heterocycles. The van der Waals surface area contributed by atoms with Crippen LogP contribution in [0.1, 0.15) is 49.4 Å². The Hall–Kier alpha value is -1.64. The van der Waals surface area contributed by atoms with Crippen LogP contribution in [0.25, 0.3) is 0 Å². The maximum absolute atomic E-state index is 11.7. The van der Waals surface area contributed by atoms with Gasteiger partial charge in [-0.15, -0.1) is 0 Å². The lowest BCUT2D eigenvalue weighted by atomic mass is 9.83. The van der Waals surface area contributed by atoms with E-state index in [1.807, 2.05) is 24.3 Å². The van der Waals surface area contributed by atoms with E-state index in [0.717, 1.165) is 24.1 Å². The van der Waals surface area contributed by atoms with Crippen molar-refractivity contribution in [2.45, 2.75) is 51.1 Å². The lowest BCUT2D eigenvalue weighted by molar-refractivity contribution is -0.121. The van der Waals surface area contributed by atoms with E-state index >= 15 is 0 Å². The van der Waals surface area contributed by atoms with Crippen molar-refractivity contribution in [1.82, 2.24) is 0 Å². The maximum Gasteiger partial charge on any atom is 0.159 e. The molecule has 1 aromatic rings. The lowest BCUT2D eigenvalue weighted by Gasteiger charge is -2.47. The molecule has 2 heterocycles. The average molecular weight is 257 g/mol. The molecule has 3 nitrogen and oxygen atoms in total. The first-order chi connectivity index (χ1) is 9.15. The third-order valence-electron chi connectivity index (χ3n) is 4.36. The second-order valence-corrected chi connectivity index (χ2v) is 5.70. The Morgan fingerprint density at radius 2 is 1.68 bits per heavy atom. The van der Waals surface area contributed by atoms with Crippen LogP contribution in [0.3, 0.4) is 0 Å². The monoisotopic (exact) mass is 257 g/mol. The smallest absolute Gasteiger partial charge is 0.159 e.